The normalized spacial score (nSPS) is 10.6. The summed E-state index contributed by atoms with van der Waals surface area (Å²) in [6, 6.07) is 5.21. The highest BCUT2D eigenvalue weighted by molar-refractivity contribution is 6.31. The van der Waals surface area contributed by atoms with Crippen LogP contribution in [0.4, 0.5) is 0 Å². The molecule has 1 aromatic carbocycles. The van der Waals surface area contributed by atoms with Gasteiger partial charge in [0.05, 0.1) is 12.2 Å². The highest BCUT2D eigenvalue weighted by Crippen LogP contribution is 2.23. The Morgan fingerprint density at radius 2 is 1.75 bits per heavy atom. The summed E-state index contributed by atoms with van der Waals surface area (Å²) < 4.78 is 5.70. The number of Topliss-reactive ketones (excluding diaryl/α,β-unsaturated/α-hetero) is 1. The van der Waals surface area contributed by atoms with Gasteiger partial charge >= 0.3 is 0 Å². The minimum atomic E-state index is -0.0120. The van der Waals surface area contributed by atoms with Crippen molar-refractivity contribution in [1.82, 2.24) is 0 Å². The van der Waals surface area contributed by atoms with Gasteiger partial charge in [0, 0.05) is 5.02 Å². The molecule has 0 bridgehead atoms. The van der Waals surface area contributed by atoms with E-state index in [2.05, 4.69) is 6.92 Å². The fourth-order valence-corrected chi connectivity index (χ4v) is 2.32. The second-order valence-corrected chi connectivity index (χ2v) is 5.60. The molecule has 0 saturated carbocycles. The monoisotopic (exact) mass is 296 g/mol. The summed E-state index contributed by atoms with van der Waals surface area (Å²) in [5.74, 6) is 0.634. The average molecular weight is 297 g/mol. The number of ether oxygens (including phenoxy) is 1. The molecule has 0 radical (unpaired) electrons. The summed E-state index contributed by atoms with van der Waals surface area (Å²) >= 11 is 5.90. The molecule has 0 heterocycles. The van der Waals surface area contributed by atoms with Gasteiger partial charge < -0.3 is 4.74 Å². The van der Waals surface area contributed by atoms with Crippen molar-refractivity contribution in [3.8, 4) is 5.75 Å². The highest BCUT2D eigenvalue weighted by Gasteiger charge is 2.09. The first-order valence-electron chi connectivity index (χ1n) is 7.58. The van der Waals surface area contributed by atoms with Crippen molar-refractivity contribution in [3.05, 3.63) is 28.8 Å². The van der Waals surface area contributed by atoms with Crippen LogP contribution in [-0.2, 0) is 0 Å². The van der Waals surface area contributed by atoms with Crippen LogP contribution in [0.5, 0.6) is 5.75 Å². The molecule has 112 valence electrons. The molecule has 2 nitrogen and oxygen atoms in total. The topological polar surface area (TPSA) is 26.3 Å². The maximum Gasteiger partial charge on any atom is 0.163 e. The summed E-state index contributed by atoms with van der Waals surface area (Å²) in [4.78, 5) is 11.5. The molecule has 0 aromatic heterocycles. The number of carbonyl (C=O) groups is 1. The quantitative estimate of drug-likeness (QED) is 0.410. The summed E-state index contributed by atoms with van der Waals surface area (Å²) in [7, 11) is 0. The van der Waals surface area contributed by atoms with Crippen LogP contribution in [0.15, 0.2) is 18.2 Å². The predicted molar refractivity (Wildman–Crippen MR) is 84.9 cm³/mol. The summed E-state index contributed by atoms with van der Waals surface area (Å²) in [6.07, 6.45) is 8.76. The molecule has 1 aromatic rings. The van der Waals surface area contributed by atoms with Crippen molar-refractivity contribution in [2.75, 3.05) is 6.61 Å². The smallest absolute Gasteiger partial charge is 0.163 e. The van der Waals surface area contributed by atoms with Gasteiger partial charge in [0.2, 0.25) is 0 Å². The van der Waals surface area contributed by atoms with Gasteiger partial charge in [-0.05, 0) is 31.5 Å². The Morgan fingerprint density at radius 1 is 1.10 bits per heavy atom. The van der Waals surface area contributed by atoms with Gasteiger partial charge in [0.1, 0.15) is 5.75 Å². The molecule has 0 aliphatic carbocycles. The van der Waals surface area contributed by atoms with Gasteiger partial charge in [-0.1, -0.05) is 57.0 Å². The molecule has 0 saturated heterocycles. The minimum absolute atomic E-state index is 0.0120. The van der Waals surface area contributed by atoms with E-state index in [0.29, 0.717) is 22.9 Å². The molecule has 0 fully saturated rings. The van der Waals surface area contributed by atoms with Crippen molar-refractivity contribution in [1.29, 1.82) is 0 Å². The van der Waals surface area contributed by atoms with Gasteiger partial charge in [-0.15, -0.1) is 0 Å². The number of rotatable bonds is 10. The van der Waals surface area contributed by atoms with Crippen LogP contribution in [0, 0.1) is 0 Å². The van der Waals surface area contributed by atoms with Crippen LogP contribution in [0.2, 0.25) is 5.02 Å². The van der Waals surface area contributed by atoms with E-state index in [1.807, 2.05) is 0 Å². The Labute approximate surface area is 127 Å². The maximum absolute atomic E-state index is 11.5. The van der Waals surface area contributed by atoms with Crippen molar-refractivity contribution < 1.29 is 9.53 Å². The predicted octanol–water partition coefficient (Wildman–Crippen LogP) is 5.67. The number of carbonyl (C=O) groups excluding carboxylic acids is 1. The Balaban J connectivity index is 2.27. The zero-order chi connectivity index (χ0) is 14.8. The SMILES string of the molecule is CCCCCCCCCOc1ccc(Cl)cc1C(C)=O. The first kappa shape index (κ1) is 17.0. The van der Waals surface area contributed by atoms with Gasteiger partial charge in [0.15, 0.2) is 5.78 Å². The van der Waals surface area contributed by atoms with E-state index in [9.17, 15) is 4.79 Å². The average Bonchev–Trinajstić information content (AvgIpc) is 2.43. The van der Waals surface area contributed by atoms with Crippen molar-refractivity contribution in [2.45, 2.75) is 58.8 Å². The first-order chi connectivity index (χ1) is 9.65. The largest absolute Gasteiger partial charge is 0.493 e. The minimum Gasteiger partial charge on any atom is -0.493 e. The number of unbranched alkanes of at least 4 members (excludes halogenated alkanes) is 6. The molecule has 0 amide bonds. The lowest BCUT2D eigenvalue weighted by atomic mass is 10.1. The highest BCUT2D eigenvalue weighted by atomic mass is 35.5. The third-order valence-electron chi connectivity index (χ3n) is 3.33. The summed E-state index contributed by atoms with van der Waals surface area (Å²) in [5, 5.41) is 0.568. The molecule has 0 atom stereocenters. The lowest BCUT2D eigenvalue weighted by Gasteiger charge is -2.10. The second kappa shape index (κ2) is 9.82. The number of halogens is 1. The van der Waals surface area contributed by atoms with E-state index in [0.717, 1.165) is 6.42 Å². The maximum atomic E-state index is 11.5. The van der Waals surface area contributed by atoms with E-state index in [1.165, 1.54) is 45.4 Å². The van der Waals surface area contributed by atoms with Crippen LogP contribution in [0.3, 0.4) is 0 Å². The van der Waals surface area contributed by atoms with Crippen LogP contribution in [-0.4, -0.2) is 12.4 Å². The van der Waals surface area contributed by atoms with Crippen LogP contribution in [0.25, 0.3) is 0 Å². The molecular weight excluding hydrogens is 272 g/mol. The number of hydrogen-bond donors (Lipinski definition) is 0. The van der Waals surface area contributed by atoms with E-state index in [4.69, 9.17) is 16.3 Å². The standard InChI is InChI=1S/C17H25ClO2/c1-3-4-5-6-7-8-9-12-20-17-11-10-15(18)13-16(17)14(2)19/h10-11,13H,3-9,12H2,1-2H3. The van der Waals surface area contributed by atoms with Gasteiger partial charge in [-0.3, -0.25) is 4.79 Å². The lowest BCUT2D eigenvalue weighted by molar-refractivity contribution is 0.101. The van der Waals surface area contributed by atoms with Gasteiger partial charge in [0.25, 0.3) is 0 Å². The van der Waals surface area contributed by atoms with Crippen LogP contribution >= 0.6 is 11.6 Å². The zero-order valence-electron chi connectivity index (χ0n) is 12.6. The molecule has 0 unspecified atom stereocenters. The van der Waals surface area contributed by atoms with Crippen molar-refractivity contribution in [2.24, 2.45) is 0 Å². The van der Waals surface area contributed by atoms with E-state index >= 15 is 0 Å². The molecule has 3 heteroatoms. The molecule has 0 N–H and O–H groups in total. The van der Waals surface area contributed by atoms with E-state index in [1.54, 1.807) is 18.2 Å². The molecule has 0 aliphatic heterocycles. The lowest BCUT2D eigenvalue weighted by Crippen LogP contribution is -2.03. The zero-order valence-corrected chi connectivity index (χ0v) is 13.3. The summed E-state index contributed by atoms with van der Waals surface area (Å²) in [5.41, 5.74) is 0.570. The Morgan fingerprint density at radius 3 is 2.40 bits per heavy atom. The van der Waals surface area contributed by atoms with Crippen LogP contribution < -0.4 is 4.74 Å². The number of ketones is 1. The third kappa shape index (κ3) is 6.42. The van der Waals surface area contributed by atoms with Crippen LogP contribution in [0.1, 0.15) is 69.2 Å². The number of hydrogen-bond acceptors (Lipinski definition) is 2. The summed E-state index contributed by atoms with van der Waals surface area (Å²) in [6.45, 7) is 4.43. The molecule has 1 rings (SSSR count). The number of benzene rings is 1. The molecule has 0 spiro atoms. The fourth-order valence-electron chi connectivity index (χ4n) is 2.14. The van der Waals surface area contributed by atoms with Gasteiger partial charge in [-0.2, -0.15) is 0 Å². The van der Waals surface area contributed by atoms with Crippen molar-refractivity contribution >= 4 is 17.4 Å². The Bertz CT molecular complexity index is 415. The Hall–Kier alpha value is -1.02. The third-order valence-corrected chi connectivity index (χ3v) is 3.56. The Kier molecular flexibility index (Phi) is 8.36. The first-order valence-corrected chi connectivity index (χ1v) is 7.96. The molecular formula is C17H25ClO2. The molecule has 0 aliphatic rings. The van der Waals surface area contributed by atoms with Gasteiger partial charge in [-0.25, -0.2) is 0 Å². The van der Waals surface area contributed by atoms with E-state index in [-0.39, 0.29) is 5.78 Å². The second-order valence-electron chi connectivity index (χ2n) is 5.17. The fraction of sp³-hybridized carbons (Fsp3) is 0.588. The van der Waals surface area contributed by atoms with E-state index < -0.39 is 0 Å². The van der Waals surface area contributed by atoms with Crippen molar-refractivity contribution in [3.63, 3.8) is 0 Å². The molecule has 20 heavy (non-hydrogen) atoms.